The van der Waals surface area contributed by atoms with E-state index in [-0.39, 0.29) is 4.87 Å². The molecule has 0 fully saturated rings. The van der Waals surface area contributed by atoms with E-state index in [2.05, 4.69) is 11.8 Å². The zero-order valence-corrected chi connectivity index (χ0v) is 11.0. The van der Waals surface area contributed by atoms with Gasteiger partial charge >= 0.3 is 4.87 Å². The summed E-state index contributed by atoms with van der Waals surface area (Å²) in [6, 6.07) is 7.83. The third-order valence-corrected chi connectivity index (χ3v) is 3.53. The fourth-order valence-electron chi connectivity index (χ4n) is 1.69. The second-order valence-corrected chi connectivity index (χ2v) is 4.71. The van der Waals surface area contributed by atoms with Crippen molar-refractivity contribution in [2.45, 2.75) is 13.5 Å². The lowest BCUT2D eigenvalue weighted by molar-refractivity contribution is 0.753. The SMILES string of the molecule is Cc1csc(=O)n1Cc1ccccc1C#CCN. The Kier molecular flexibility index (Phi) is 3.98. The summed E-state index contributed by atoms with van der Waals surface area (Å²) in [5.74, 6) is 5.88. The number of aryl methyl sites for hydroxylation is 1. The number of hydrogen-bond acceptors (Lipinski definition) is 3. The molecule has 92 valence electrons. The molecule has 0 unspecified atom stereocenters. The predicted octanol–water partition coefficient (Wildman–Crippen LogP) is 1.58. The van der Waals surface area contributed by atoms with Gasteiger partial charge in [-0.1, -0.05) is 41.4 Å². The van der Waals surface area contributed by atoms with Crippen molar-refractivity contribution >= 4 is 11.3 Å². The molecule has 0 spiro atoms. The molecule has 18 heavy (non-hydrogen) atoms. The number of hydrogen-bond donors (Lipinski definition) is 1. The van der Waals surface area contributed by atoms with E-state index in [0.29, 0.717) is 13.1 Å². The zero-order valence-electron chi connectivity index (χ0n) is 10.1. The van der Waals surface area contributed by atoms with Crippen molar-refractivity contribution in [3.8, 4) is 11.8 Å². The van der Waals surface area contributed by atoms with Gasteiger partial charge in [-0.15, -0.1) is 0 Å². The van der Waals surface area contributed by atoms with Crippen LogP contribution in [0.5, 0.6) is 0 Å². The van der Waals surface area contributed by atoms with Gasteiger partial charge in [-0.2, -0.15) is 0 Å². The second kappa shape index (κ2) is 5.67. The summed E-state index contributed by atoms with van der Waals surface area (Å²) in [6.45, 7) is 2.83. The summed E-state index contributed by atoms with van der Waals surface area (Å²) >= 11 is 1.23. The van der Waals surface area contributed by atoms with Crippen molar-refractivity contribution in [2.24, 2.45) is 5.73 Å². The summed E-state index contributed by atoms with van der Waals surface area (Å²) in [7, 11) is 0. The molecule has 0 aliphatic carbocycles. The van der Waals surface area contributed by atoms with Crippen LogP contribution in [0.1, 0.15) is 16.8 Å². The summed E-state index contributed by atoms with van der Waals surface area (Å²) in [6.07, 6.45) is 0. The van der Waals surface area contributed by atoms with E-state index in [9.17, 15) is 4.79 Å². The van der Waals surface area contributed by atoms with E-state index < -0.39 is 0 Å². The molecule has 0 saturated carbocycles. The Morgan fingerprint density at radius 2 is 2.17 bits per heavy atom. The van der Waals surface area contributed by atoms with Crippen LogP contribution in [0.25, 0.3) is 0 Å². The smallest absolute Gasteiger partial charge is 0.307 e. The van der Waals surface area contributed by atoms with Crippen LogP contribution < -0.4 is 10.6 Å². The highest BCUT2D eigenvalue weighted by Crippen LogP contribution is 2.10. The maximum absolute atomic E-state index is 11.7. The topological polar surface area (TPSA) is 48.0 Å². The number of benzene rings is 1. The summed E-state index contributed by atoms with van der Waals surface area (Å²) in [4.78, 5) is 11.8. The Morgan fingerprint density at radius 1 is 1.39 bits per heavy atom. The molecule has 2 N–H and O–H groups in total. The van der Waals surface area contributed by atoms with Crippen molar-refractivity contribution < 1.29 is 0 Å². The van der Waals surface area contributed by atoms with E-state index in [1.54, 1.807) is 4.57 Å². The molecule has 0 saturated heterocycles. The molecule has 2 rings (SSSR count). The number of thiazole rings is 1. The number of nitrogens with two attached hydrogens (primary N) is 1. The zero-order chi connectivity index (χ0) is 13.0. The molecule has 0 atom stereocenters. The van der Waals surface area contributed by atoms with Gasteiger partial charge in [-0.05, 0) is 18.6 Å². The largest absolute Gasteiger partial charge is 0.320 e. The van der Waals surface area contributed by atoms with E-state index in [1.165, 1.54) is 11.3 Å². The molecule has 1 heterocycles. The maximum atomic E-state index is 11.7. The first-order chi connectivity index (χ1) is 8.72. The van der Waals surface area contributed by atoms with Crippen LogP contribution in [0.2, 0.25) is 0 Å². The molecule has 3 nitrogen and oxygen atoms in total. The average molecular weight is 258 g/mol. The number of rotatable bonds is 2. The first-order valence-corrected chi connectivity index (χ1v) is 6.52. The molecule has 0 aliphatic heterocycles. The Labute approximate surface area is 110 Å². The Balaban J connectivity index is 2.38. The first kappa shape index (κ1) is 12.6. The van der Waals surface area contributed by atoms with Crippen molar-refractivity contribution in [3.05, 3.63) is 56.1 Å². The molecule has 2 aromatic rings. The van der Waals surface area contributed by atoms with Crippen LogP contribution in [-0.2, 0) is 6.54 Å². The van der Waals surface area contributed by atoms with Gasteiger partial charge < -0.3 is 5.73 Å². The van der Waals surface area contributed by atoms with Crippen molar-refractivity contribution in [2.75, 3.05) is 6.54 Å². The Bertz CT molecular complexity index is 658. The number of nitrogens with zero attached hydrogens (tertiary/aromatic N) is 1. The van der Waals surface area contributed by atoms with Crippen LogP contribution in [-0.4, -0.2) is 11.1 Å². The lowest BCUT2D eigenvalue weighted by Crippen LogP contribution is -2.15. The molecule has 1 aromatic heterocycles. The summed E-state index contributed by atoms with van der Waals surface area (Å²) in [5.41, 5.74) is 8.34. The van der Waals surface area contributed by atoms with Gasteiger partial charge in [0, 0.05) is 16.6 Å². The Morgan fingerprint density at radius 3 is 2.83 bits per heavy atom. The van der Waals surface area contributed by atoms with Gasteiger partial charge in [0.2, 0.25) is 0 Å². The molecular weight excluding hydrogens is 244 g/mol. The van der Waals surface area contributed by atoms with Crippen molar-refractivity contribution in [1.29, 1.82) is 0 Å². The van der Waals surface area contributed by atoms with E-state index in [4.69, 9.17) is 5.73 Å². The Hall–Kier alpha value is -1.83. The molecule has 0 aliphatic rings. The lowest BCUT2D eigenvalue weighted by atomic mass is 10.1. The quantitative estimate of drug-likeness (QED) is 0.831. The third kappa shape index (κ3) is 2.70. The van der Waals surface area contributed by atoms with E-state index in [1.807, 2.05) is 36.6 Å². The summed E-state index contributed by atoms with van der Waals surface area (Å²) in [5, 5.41) is 1.87. The summed E-state index contributed by atoms with van der Waals surface area (Å²) < 4.78 is 1.76. The molecule has 0 amide bonds. The minimum absolute atomic E-state index is 0.0640. The van der Waals surface area contributed by atoms with E-state index >= 15 is 0 Å². The molecule has 1 aromatic carbocycles. The molecule has 0 bridgehead atoms. The minimum atomic E-state index is 0.0640. The second-order valence-electron chi connectivity index (χ2n) is 3.89. The highest BCUT2D eigenvalue weighted by Gasteiger charge is 2.05. The van der Waals surface area contributed by atoms with Crippen LogP contribution in [0.3, 0.4) is 0 Å². The van der Waals surface area contributed by atoms with Crippen molar-refractivity contribution in [3.63, 3.8) is 0 Å². The standard InChI is InChI=1S/C14H14N2OS/c1-11-10-18-14(17)16(11)9-13-6-3-2-5-12(13)7-4-8-15/h2-3,5-6,10H,8-9,15H2,1H3. The van der Waals surface area contributed by atoms with Gasteiger partial charge in [-0.25, -0.2) is 0 Å². The van der Waals surface area contributed by atoms with Crippen LogP contribution in [0.4, 0.5) is 0 Å². The third-order valence-electron chi connectivity index (χ3n) is 2.65. The molecule has 0 radical (unpaired) electrons. The van der Waals surface area contributed by atoms with Crippen LogP contribution >= 0.6 is 11.3 Å². The average Bonchev–Trinajstić information content (AvgIpc) is 2.69. The monoisotopic (exact) mass is 258 g/mol. The van der Waals surface area contributed by atoms with Gasteiger partial charge in [0.25, 0.3) is 0 Å². The van der Waals surface area contributed by atoms with Gasteiger partial charge in [-0.3, -0.25) is 9.36 Å². The lowest BCUT2D eigenvalue weighted by Gasteiger charge is -2.06. The highest BCUT2D eigenvalue weighted by atomic mass is 32.1. The first-order valence-electron chi connectivity index (χ1n) is 5.64. The van der Waals surface area contributed by atoms with Crippen LogP contribution in [0.15, 0.2) is 34.4 Å². The predicted molar refractivity (Wildman–Crippen MR) is 74.8 cm³/mol. The maximum Gasteiger partial charge on any atom is 0.307 e. The highest BCUT2D eigenvalue weighted by molar-refractivity contribution is 7.07. The normalized spacial score (nSPS) is 9.89. The van der Waals surface area contributed by atoms with Gasteiger partial charge in [0.1, 0.15) is 0 Å². The van der Waals surface area contributed by atoms with Gasteiger partial charge in [0.15, 0.2) is 0 Å². The molecular formula is C14H14N2OS. The number of aromatic nitrogens is 1. The van der Waals surface area contributed by atoms with E-state index in [0.717, 1.165) is 16.8 Å². The van der Waals surface area contributed by atoms with Crippen molar-refractivity contribution in [1.82, 2.24) is 4.57 Å². The molecule has 4 heteroatoms. The fraction of sp³-hybridized carbons (Fsp3) is 0.214. The fourth-order valence-corrected chi connectivity index (χ4v) is 2.43. The van der Waals surface area contributed by atoms with Gasteiger partial charge in [0.05, 0.1) is 13.1 Å². The van der Waals surface area contributed by atoms with Crippen LogP contribution in [0, 0.1) is 18.8 Å². The minimum Gasteiger partial charge on any atom is -0.320 e.